The SMILES string of the molecule is Cc1cc(C)cc(-c2cc(Cc3cc(-c4cc(C)cc(C)c4)cc(-c4cc(C)cc(C)c4)c3)cc(-c3cc(C)cc(C)c3)c2)c1. The van der Waals surface area contributed by atoms with Gasteiger partial charge in [-0.05, 0) is 130 Å². The summed E-state index contributed by atoms with van der Waals surface area (Å²) in [4.78, 5) is 0. The van der Waals surface area contributed by atoms with Crippen LogP contribution in [0.5, 0.6) is 0 Å². The lowest BCUT2D eigenvalue weighted by atomic mass is 9.89. The van der Waals surface area contributed by atoms with Crippen LogP contribution in [0.4, 0.5) is 0 Å². The van der Waals surface area contributed by atoms with Gasteiger partial charge in [0.15, 0.2) is 0 Å². The van der Waals surface area contributed by atoms with E-state index in [0.717, 1.165) is 6.42 Å². The number of hydrogen-bond acceptors (Lipinski definition) is 0. The van der Waals surface area contributed by atoms with Crippen molar-refractivity contribution in [3.63, 3.8) is 0 Å². The first-order valence-corrected chi connectivity index (χ1v) is 16.1. The van der Waals surface area contributed by atoms with Gasteiger partial charge in [0, 0.05) is 0 Å². The highest BCUT2D eigenvalue weighted by molar-refractivity contribution is 5.78. The van der Waals surface area contributed by atoms with Crippen LogP contribution in [-0.2, 0) is 6.42 Å². The Bertz CT molecular complexity index is 1680. The van der Waals surface area contributed by atoms with Crippen LogP contribution in [0.2, 0.25) is 0 Å². The van der Waals surface area contributed by atoms with E-state index in [9.17, 15) is 0 Å². The van der Waals surface area contributed by atoms with Crippen molar-refractivity contribution in [3.8, 4) is 44.5 Å². The first-order chi connectivity index (χ1) is 21.5. The molecule has 0 radical (unpaired) electrons. The Kier molecular flexibility index (Phi) is 8.34. The largest absolute Gasteiger partial charge is 0.0563 e. The molecule has 6 aromatic carbocycles. The molecule has 0 atom stereocenters. The molecular weight excluding hydrogens is 540 g/mol. The lowest BCUT2D eigenvalue weighted by Crippen LogP contribution is -1.95. The third-order valence-electron chi connectivity index (χ3n) is 8.61. The summed E-state index contributed by atoms with van der Waals surface area (Å²) in [5.41, 5.74) is 23.2. The molecule has 0 heterocycles. The molecular formula is C45H44. The number of benzene rings is 6. The van der Waals surface area contributed by atoms with Crippen molar-refractivity contribution in [2.24, 2.45) is 0 Å². The Morgan fingerprint density at radius 2 is 0.400 bits per heavy atom. The monoisotopic (exact) mass is 584 g/mol. The smallest absolute Gasteiger partial charge is 0.00249 e. The first kappa shape index (κ1) is 30.4. The highest BCUT2D eigenvalue weighted by Gasteiger charge is 2.12. The highest BCUT2D eigenvalue weighted by atomic mass is 14.2. The third-order valence-corrected chi connectivity index (χ3v) is 8.61. The fourth-order valence-corrected chi connectivity index (χ4v) is 7.06. The summed E-state index contributed by atoms with van der Waals surface area (Å²) in [7, 11) is 0. The average Bonchev–Trinajstić information content (AvgIpc) is 2.95. The van der Waals surface area contributed by atoms with Gasteiger partial charge >= 0.3 is 0 Å². The standard InChI is InChI=1S/C45H44/c1-28-9-29(2)14-38(13-28)42-22-36(23-43(26-42)39-15-30(3)10-31(4)16-39)21-37-24-44(40-17-32(5)11-33(6)18-40)27-45(25-37)41-19-34(7)12-35(8)20-41/h9-20,22-27H,21H2,1-8H3. The quantitative estimate of drug-likeness (QED) is 0.183. The molecule has 6 aromatic rings. The molecule has 0 aliphatic rings. The summed E-state index contributed by atoms with van der Waals surface area (Å²) in [6.07, 6.45) is 0.854. The number of rotatable bonds is 6. The molecule has 0 bridgehead atoms. The van der Waals surface area contributed by atoms with Gasteiger partial charge in [0.2, 0.25) is 0 Å². The van der Waals surface area contributed by atoms with E-state index in [2.05, 4.69) is 165 Å². The van der Waals surface area contributed by atoms with Gasteiger partial charge in [-0.3, -0.25) is 0 Å². The Morgan fingerprint density at radius 1 is 0.222 bits per heavy atom. The second-order valence-corrected chi connectivity index (χ2v) is 13.5. The van der Waals surface area contributed by atoms with Gasteiger partial charge in [0.05, 0.1) is 0 Å². The van der Waals surface area contributed by atoms with Crippen molar-refractivity contribution in [3.05, 3.63) is 165 Å². The van der Waals surface area contributed by atoms with Crippen LogP contribution in [0.25, 0.3) is 44.5 Å². The molecule has 6 rings (SSSR count). The fourth-order valence-electron chi connectivity index (χ4n) is 7.06. The van der Waals surface area contributed by atoms with Gasteiger partial charge in [-0.25, -0.2) is 0 Å². The zero-order chi connectivity index (χ0) is 31.8. The van der Waals surface area contributed by atoms with E-state index in [1.807, 2.05) is 0 Å². The van der Waals surface area contributed by atoms with Crippen molar-refractivity contribution < 1.29 is 0 Å². The van der Waals surface area contributed by atoms with Crippen molar-refractivity contribution in [1.29, 1.82) is 0 Å². The molecule has 224 valence electrons. The van der Waals surface area contributed by atoms with E-state index in [1.165, 1.54) is 100 Å². The predicted octanol–water partition coefficient (Wildman–Crippen LogP) is 12.4. The molecule has 0 spiro atoms. The van der Waals surface area contributed by atoms with Crippen LogP contribution in [-0.4, -0.2) is 0 Å². The predicted molar refractivity (Wildman–Crippen MR) is 195 cm³/mol. The van der Waals surface area contributed by atoms with Crippen LogP contribution in [0.3, 0.4) is 0 Å². The van der Waals surface area contributed by atoms with Gasteiger partial charge in [-0.15, -0.1) is 0 Å². The van der Waals surface area contributed by atoms with Crippen molar-refractivity contribution in [2.45, 2.75) is 61.8 Å². The van der Waals surface area contributed by atoms with E-state index in [0.29, 0.717) is 0 Å². The van der Waals surface area contributed by atoms with Gasteiger partial charge < -0.3 is 0 Å². The van der Waals surface area contributed by atoms with Gasteiger partial charge in [0.1, 0.15) is 0 Å². The topological polar surface area (TPSA) is 0 Å². The zero-order valence-corrected chi connectivity index (χ0v) is 28.1. The average molecular weight is 585 g/mol. The highest BCUT2D eigenvalue weighted by Crippen LogP contribution is 2.34. The molecule has 0 aliphatic carbocycles. The second kappa shape index (κ2) is 12.4. The number of hydrogen-bond donors (Lipinski definition) is 0. The van der Waals surface area contributed by atoms with E-state index < -0.39 is 0 Å². The minimum Gasteiger partial charge on any atom is -0.0563 e. The molecule has 0 heteroatoms. The molecule has 0 N–H and O–H groups in total. The summed E-state index contributed by atoms with van der Waals surface area (Å²) in [5, 5.41) is 0. The van der Waals surface area contributed by atoms with E-state index in [1.54, 1.807) is 0 Å². The van der Waals surface area contributed by atoms with Crippen LogP contribution in [0, 0.1) is 55.4 Å². The Hall–Kier alpha value is -4.68. The normalized spacial score (nSPS) is 11.2. The lowest BCUT2D eigenvalue weighted by Gasteiger charge is -2.15. The van der Waals surface area contributed by atoms with Crippen molar-refractivity contribution >= 4 is 0 Å². The molecule has 0 nitrogen and oxygen atoms in total. The first-order valence-electron chi connectivity index (χ1n) is 16.1. The van der Waals surface area contributed by atoms with E-state index >= 15 is 0 Å². The van der Waals surface area contributed by atoms with Crippen LogP contribution in [0.15, 0.2) is 109 Å². The van der Waals surface area contributed by atoms with Crippen molar-refractivity contribution in [2.75, 3.05) is 0 Å². The van der Waals surface area contributed by atoms with Crippen LogP contribution in [0.1, 0.15) is 55.6 Å². The summed E-state index contributed by atoms with van der Waals surface area (Å²) < 4.78 is 0. The maximum absolute atomic E-state index is 2.40. The van der Waals surface area contributed by atoms with Gasteiger partial charge in [-0.2, -0.15) is 0 Å². The Labute approximate surface area is 270 Å². The van der Waals surface area contributed by atoms with Crippen LogP contribution >= 0.6 is 0 Å². The molecule has 45 heavy (non-hydrogen) atoms. The van der Waals surface area contributed by atoms with E-state index in [4.69, 9.17) is 0 Å². The third kappa shape index (κ3) is 7.18. The molecule has 0 saturated carbocycles. The molecule has 0 fully saturated rings. The zero-order valence-electron chi connectivity index (χ0n) is 28.1. The minimum atomic E-state index is 0.854. The maximum atomic E-state index is 2.40. The van der Waals surface area contributed by atoms with E-state index in [-0.39, 0.29) is 0 Å². The van der Waals surface area contributed by atoms with Gasteiger partial charge in [-0.1, -0.05) is 142 Å². The maximum Gasteiger partial charge on any atom is -0.00249 e. The summed E-state index contributed by atoms with van der Waals surface area (Å²) in [6, 6.07) is 41.9. The summed E-state index contributed by atoms with van der Waals surface area (Å²) in [5.74, 6) is 0. The summed E-state index contributed by atoms with van der Waals surface area (Å²) >= 11 is 0. The second-order valence-electron chi connectivity index (χ2n) is 13.5. The summed E-state index contributed by atoms with van der Waals surface area (Å²) in [6.45, 7) is 17.5. The van der Waals surface area contributed by atoms with Crippen molar-refractivity contribution in [1.82, 2.24) is 0 Å². The minimum absolute atomic E-state index is 0.854. The molecule has 0 unspecified atom stereocenters. The molecule has 0 saturated heterocycles. The number of aryl methyl sites for hydroxylation is 8. The lowest BCUT2D eigenvalue weighted by molar-refractivity contribution is 1.19. The molecule has 0 amide bonds. The Balaban J connectivity index is 1.53. The molecule has 0 aromatic heterocycles. The fraction of sp³-hybridized carbons (Fsp3) is 0.200. The molecule has 0 aliphatic heterocycles. The Morgan fingerprint density at radius 3 is 0.600 bits per heavy atom. The van der Waals surface area contributed by atoms with Crippen LogP contribution < -0.4 is 0 Å². The van der Waals surface area contributed by atoms with Gasteiger partial charge in [0.25, 0.3) is 0 Å².